The molecule has 4 rings (SSSR count). The van der Waals surface area contributed by atoms with Crippen molar-refractivity contribution in [2.75, 3.05) is 20.3 Å². The second-order valence-electron chi connectivity index (χ2n) is 5.39. The number of nitrogens with one attached hydrogen (secondary N) is 1. The molecule has 0 saturated carbocycles. The van der Waals surface area contributed by atoms with Crippen molar-refractivity contribution in [2.24, 2.45) is 0 Å². The van der Waals surface area contributed by atoms with E-state index < -0.39 is 0 Å². The highest BCUT2D eigenvalue weighted by Crippen LogP contribution is 2.32. The van der Waals surface area contributed by atoms with Crippen LogP contribution in [-0.2, 0) is 11.3 Å². The zero-order valence-corrected chi connectivity index (χ0v) is 13.0. The topological polar surface area (TPSA) is 99.5 Å². The zero-order valence-electron chi connectivity index (χ0n) is 13.0. The largest absolute Gasteiger partial charge is 0.490 e. The quantitative estimate of drug-likeness (QED) is 0.783. The van der Waals surface area contributed by atoms with Gasteiger partial charge in [0.25, 0.3) is 5.56 Å². The van der Waals surface area contributed by atoms with E-state index in [0.29, 0.717) is 59.5 Å². The summed E-state index contributed by atoms with van der Waals surface area (Å²) in [5, 5.41) is 4.35. The minimum absolute atomic E-state index is 0.276. The first-order chi connectivity index (χ1) is 11.7. The predicted molar refractivity (Wildman–Crippen MR) is 84.2 cm³/mol. The fourth-order valence-electron chi connectivity index (χ4n) is 2.55. The number of rotatable bonds is 3. The van der Waals surface area contributed by atoms with Gasteiger partial charge in [0.2, 0.25) is 0 Å². The van der Waals surface area contributed by atoms with Gasteiger partial charge in [0.05, 0.1) is 24.1 Å². The zero-order chi connectivity index (χ0) is 16.5. The summed E-state index contributed by atoms with van der Waals surface area (Å²) in [6.07, 6.45) is 0.793. The lowest BCUT2D eigenvalue weighted by Crippen LogP contribution is -2.10. The van der Waals surface area contributed by atoms with E-state index in [2.05, 4.69) is 15.1 Å². The van der Waals surface area contributed by atoms with Gasteiger partial charge in [-0.2, -0.15) is 0 Å². The Kier molecular flexibility index (Phi) is 3.66. The molecule has 8 heteroatoms. The number of hydrogen-bond acceptors (Lipinski definition) is 7. The molecule has 0 spiro atoms. The maximum absolute atomic E-state index is 12.4. The highest BCUT2D eigenvalue weighted by atomic mass is 16.5. The summed E-state index contributed by atoms with van der Waals surface area (Å²) >= 11 is 0. The summed E-state index contributed by atoms with van der Waals surface area (Å²) in [6.45, 7) is 1.42. The first-order valence-electron chi connectivity index (χ1n) is 7.53. The molecule has 0 atom stereocenters. The summed E-state index contributed by atoms with van der Waals surface area (Å²) in [7, 11) is 1.56. The lowest BCUT2D eigenvalue weighted by atomic mass is 10.2. The van der Waals surface area contributed by atoms with Gasteiger partial charge in [0, 0.05) is 25.7 Å². The number of ether oxygens (including phenoxy) is 3. The van der Waals surface area contributed by atoms with Crippen LogP contribution in [0.2, 0.25) is 0 Å². The number of H-pyrrole nitrogens is 1. The lowest BCUT2D eigenvalue weighted by molar-refractivity contribution is 0.156. The number of nitrogens with zero attached hydrogens (tertiary/aromatic N) is 2. The van der Waals surface area contributed by atoms with Crippen molar-refractivity contribution in [3.05, 3.63) is 34.3 Å². The molecule has 2 aromatic heterocycles. The van der Waals surface area contributed by atoms with Crippen molar-refractivity contribution in [3.63, 3.8) is 0 Å². The molecule has 24 heavy (non-hydrogen) atoms. The molecule has 3 aromatic rings. The van der Waals surface area contributed by atoms with Crippen LogP contribution in [0.25, 0.3) is 22.4 Å². The summed E-state index contributed by atoms with van der Waals surface area (Å²) in [5.74, 6) is 2.02. The van der Waals surface area contributed by atoms with E-state index in [1.165, 1.54) is 0 Å². The van der Waals surface area contributed by atoms with Gasteiger partial charge in [-0.1, -0.05) is 5.16 Å². The van der Waals surface area contributed by atoms with Crippen LogP contribution in [0.5, 0.6) is 11.5 Å². The molecule has 3 heterocycles. The molecule has 1 aromatic carbocycles. The summed E-state index contributed by atoms with van der Waals surface area (Å²) in [5.41, 5.74) is 0.671. The second-order valence-corrected chi connectivity index (χ2v) is 5.39. The number of benzene rings is 1. The highest BCUT2D eigenvalue weighted by molar-refractivity contribution is 5.83. The SMILES string of the molecule is COCc1cc(-c2nc3cc4c(cc3c(=O)[nH]2)OCCCO4)no1. The minimum Gasteiger partial charge on any atom is -0.490 e. The molecule has 1 N–H and O–H groups in total. The Labute approximate surface area is 136 Å². The first-order valence-corrected chi connectivity index (χ1v) is 7.53. The Morgan fingerprint density at radius 1 is 1.21 bits per heavy atom. The number of hydrogen-bond donors (Lipinski definition) is 1. The Morgan fingerprint density at radius 2 is 2.00 bits per heavy atom. The maximum Gasteiger partial charge on any atom is 0.259 e. The number of aromatic nitrogens is 3. The Hall–Kier alpha value is -2.87. The lowest BCUT2D eigenvalue weighted by Gasteiger charge is -2.08. The first kappa shape index (κ1) is 14.7. The van der Waals surface area contributed by atoms with Crippen LogP contribution < -0.4 is 15.0 Å². The van der Waals surface area contributed by atoms with Crippen LogP contribution in [0.1, 0.15) is 12.2 Å². The Bertz CT molecular complexity index is 947. The Balaban J connectivity index is 1.82. The number of methoxy groups -OCH3 is 1. The molecule has 0 bridgehead atoms. The average Bonchev–Trinajstić information content (AvgIpc) is 2.92. The van der Waals surface area contributed by atoms with Crippen molar-refractivity contribution in [1.82, 2.24) is 15.1 Å². The van der Waals surface area contributed by atoms with E-state index in [1.807, 2.05) is 0 Å². The van der Waals surface area contributed by atoms with Crippen molar-refractivity contribution < 1.29 is 18.7 Å². The Morgan fingerprint density at radius 3 is 2.79 bits per heavy atom. The van der Waals surface area contributed by atoms with Gasteiger partial charge in [0.15, 0.2) is 23.1 Å². The fourth-order valence-corrected chi connectivity index (χ4v) is 2.55. The molecular formula is C16H15N3O5. The van der Waals surface area contributed by atoms with Crippen molar-refractivity contribution >= 4 is 10.9 Å². The molecule has 0 saturated heterocycles. The highest BCUT2D eigenvalue weighted by Gasteiger charge is 2.16. The molecule has 0 radical (unpaired) electrons. The second kappa shape index (κ2) is 5.97. The molecule has 8 nitrogen and oxygen atoms in total. The van der Waals surface area contributed by atoms with Crippen LogP contribution >= 0.6 is 0 Å². The summed E-state index contributed by atoms with van der Waals surface area (Å²) in [6, 6.07) is 5.05. The molecule has 0 aliphatic carbocycles. The van der Waals surface area contributed by atoms with E-state index in [-0.39, 0.29) is 5.56 Å². The third-order valence-corrected chi connectivity index (χ3v) is 3.66. The van der Waals surface area contributed by atoms with Gasteiger partial charge in [-0.15, -0.1) is 0 Å². The molecule has 1 aliphatic heterocycles. The van der Waals surface area contributed by atoms with Crippen LogP contribution in [0.3, 0.4) is 0 Å². The molecule has 0 amide bonds. The van der Waals surface area contributed by atoms with Crippen LogP contribution in [-0.4, -0.2) is 35.4 Å². The fraction of sp³-hybridized carbons (Fsp3) is 0.312. The van der Waals surface area contributed by atoms with Gasteiger partial charge >= 0.3 is 0 Å². The third kappa shape index (κ3) is 2.61. The average molecular weight is 329 g/mol. The number of fused-ring (bicyclic) bond motifs is 2. The molecule has 1 aliphatic rings. The van der Waals surface area contributed by atoms with Crippen molar-refractivity contribution in [3.8, 4) is 23.0 Å². The van der Waals surface area contributed by atoms with Gasteiger partial charge in [-0.05, 0) is 6.07 Å². The van der Waals surface area contributed by atoms with Crippen LogP contribution in [0.4, 0.5) is 0 Å². The molecule has 124 valence electrons. The van der Waals surface area contributed by atoms with E-state index in [4.69, 9.17) is 18.7 Å². The van der Waals surface area contributed by atoms with E-state index in [9.17, 15) is 4.79 Å². The van der Waals surface area contributed by atoms with Crippen molar-refractivity contribution in [2.45, 2.75) is 13.0 Å². The minimum atomic E-state index is -0.276. The van der Waals surface area contributed by atoms with Gasteiger partial charge in [0.1, 0.15) is 12.3 Å². The molecule has 0 unspecified atom stereocenters. The smallest absolute Gasteiger partial charge is 0.259 e. The predicted octanol–water partition coefficient (Wildman–Crippen LogP) is 1.89. The number of aromatic amines is 1. The molecular weight excluding hydrogens is 314 g/mol. The van der Waals surface area contributed by atoms with Gasteiger partial charge < -0.3 is 23.7 Å². The van der Waals surface area contributed by atoms with E-state index in [1.54, 1.807) is 25.3 Å². The maximum atomic E-state index is 12.4. The van der Waals surface area contributed by atoms with Crippen LogP contribution in [0.15, 0.2) is 27.5 Å². The van der Waals surface area contributed by atoms with Crippen molar-refractivity contribution in [1.29, 1.82) is 0 Å². The third-order valence-electron chi connectivity index (χ3n) is 3.66. The van der Waals surface area contributed by atoms with E-state index >= 15 is 0 Å². The van der Waals surface area contributed by atoms with E-state index in [0.717, 1.165) is 6.42 Å². The molecule has 0 fully saturated rings. The summed E-state index contributed by atoms with van der Waals surface area (Å²) in [4.78, 5) is 19.6. The standard InChI is InChI=1S/C16H15N3O5/c1-21-8-9-5-12(19-24-9)15-17-11-7-14-13(22-3-2-4-23-14)6-10(11)16(20)18-15/h5-7H,2-4,8H2,1H3,(H,17,18,20). The van der Waals surface area contributed by atoms with Crippen LogP contribution in [0, 0.1) is 0 Å². The summed E-state index contributed by atoms with van der Waals surface area (Å²) < 4.78 is 21.4. The van der Waals surface area contributed by atoms with Gasteiger partial charge in [-0.25, -0.2) is 4.98 Å². The normalized spacial score (nSPS) is 13.9. The monoisotopic (exact) mass is 329 g/mol. The van der Waals surface area contributed by atoms with Gasteiger partial charge in [-0.3, -0.25) is 4.79 Å².